The average Bonchev–Trinajstić information content (AvgIpc) is 2.40. The van der Waals surface area contributed by atoms with Crippen LogP contribution in [0.5, 0.6) is 0 Å². The van der Waals surface area contributed by atoms with E-state index in [4.69, 9.17) is 11.6 Å². The molecule has 0 saturated carbocycles. The van der Waals surface area contributed by atoms with Gasteiger partial charge in [-0.2, -0.15) is 0 Å². The zero-order valence-corrected chi connectivity index (χ0v) is 11.2. The molecule has 0 radical (unpaired) electrons. The summed E-state index contributed by atoms with van der Waals surface area (Å²) in [5.41, 5.74) is 1.20. The lowest BCUT2D eigenvalue weighted by molar-refractivity contribution is -0.131. The van der Waals surface area contributed by atoms with E-state index in [-0.39, 0.29) is 5.91 Å². The topological polar surface area (TPSA) is 32.3 Å². The van der Waals surface area contributed by atoms with Crippen LogP contribution in [0.2, 0.25) is 5.02 Å². The van der Waals surface area contributed by atoms with E-state index in [2.05, 4.69) is 11.4 Å². The molecule has 0 aromatic heterocycles. The molecule has 0 unspecified atom stereocenters. The Morgan fingerprint density at radius 1 is 1.33 bits per heavy atom. The Morgan fingerprint density at radius 3 is 2.83 bits per heavy atom. The highest BCUT2D eigenvalue weighted by Gasteiger charge is 2.15. The standard InChI is InChI=1S/C14H19ClN2O/c15-13-5-1-3-12(11-13)4-2-6-14(18)17-9-7-16-8-10-17/h1,3,5,11,16H,2,4,6-10H2. The van der Waals surface area contributed by atoms with Crippen molar-refractivity contribution in [3.8, 4) is 0 Å². The number of rotatable bonds is 4. The van der Waals surface area contributed by atoms with Gasteiger partial charge < -0.3 is 10.2 Å². The van der Waals surface area contributed by atoms with Crippen LogP contribution in [0.25, 0.3) is 0 Å². The van der Waals surface area contributed by atoms with Gasteiger partial charge in [0.2, 0.25) is 5.91 Å². The van der Waals surface area contributed by atoms with E-state index in [0.29, 0.717) is 6.42 Å². The molecule has 0 aliphatic carbocycles. The second-order valence-corrected chi connectivity index (χ2v) is 5.05. The van der Waals surface area contributed by atoms with Crippen molar-refractivity contribution in [3.63, 3.8) is 0 Å². The van der Waals surface area contributed by atoms with Crippen LogP contribution in [0.4, 0.5) is 0 Å². The molecule has 1 fully saturated rings. The van der Waals surface area contributed by atoms with Gasteiger partial charge in [-0.1, -0.05) is 23.7 Å². The summed E-state index contributed by atoms with van der Waals surface area (Å²) in [5, 5.41) is 4.01. The molecule has 1 saturated heterocycles. The van der Waals surface area contributed by atoms with Crippen molar-refractivity contribution in [2.24, 2.45) is 0 Å². The lowest BCUT2D eigenvalue weighted by atomic mass is 10.1. The molecule has 1 aliphatic rings. The highest BCUT2D eigenvalue weighted by Crippen LogP contribution is 2.13. The van der Waals surface area contributed by atoms with Crippen LogP contribution in [-0.4, -0.2) is 37.0 Å². The maximum atomic E-state index is 11.9. The van der Waals surface area contributed by atoms with Crippen molar-refractivity contribution in [3.05, 3.63) is 34.9 Å². The van der Waals surface area contributed by atoms with Gasteiger partial charge >= 0.3 is 0 Å². The first-order chi connectivity index (χ1) is 8.75. The number of halogens is 1. The van der Waals surface area contributed by atoms with E-state index in [1.807, 2.05) is 23.1 Å². The molecule has 1 aromatic carbocycles. The van der Waals surface area contributed by atoms with Gasteiger partial charge in [-0.05, 0) is 30.5 Å². The van der Waals surface area contributed by atoms with Crippen LogP contribution < -0.4 is 5.32 Å². The Kier molecular flexibility index (Phi) is 5.02. The summed E-state index contributed by atoms with van der Waals surface area (Å²) in [7, 11) is 0. The van der Waals surface area contributed by atoms with Gasteiger partial charge in [-0.3, -0.25) is 4.79 Å². The fourth-order valence-corrected chi connectivity index (χ4v) is 2.42. The zero-order valence-electron chi connectivity index (χ0n) is 10.5. The van der Waals surface area contributed by atoms with Crippen molar-refractivity contribution < 1.29 is 4.79 Å². The normalized spacial score (nSPS) is 15.7. The number of nitrogens with one attached hydrogen (secondary N) is 1. The van der Waals surface area contributed by atoms with Crippen LogP contribution in [0.1, 0.15) is 18.4 Å². The first kappa shape index (κ1) is 13.4. The SMILES string of the molecule is O=C(CCCc1cccc(Cl)c1)N1CCNCC1. The van der Waals surface area contributed by atoms with Gasteiger partial charge in [0.05, 0.1) is 0 Å². The summed E-state index contributed by atoms with van der Waals surface area (Å²) >= 11 is 5.93. The number of carbonyl (C=O) groups is 1. The minimum absolute atomic E-state index is 0.276. The van der Waals surface area contributed by atoms with Crippen LogP contribution in [0, 0.1) is 0 Å². The van der Waals surface area contributed by atoms with Crippen molar-refractivity contribution in [1.82, 2.24) is 10.2 Å². The molecule has 1 amide bonds. The second-order valence-electron chi connectivity index (χ2n) is 4.61. The van der Waals surface area contributed by atoms with E-state index >= 15 is 0 Å². The summed E-state index contributed by atoms with van der Waals surface area (Å²) in [5.74, 6) is 0.276. The monoisotopic (exact) mass is 266 g/mol. The first-order valence-electron chi connectivity index (χ1n) is 6.48. The molecule has 98 valence electrons. The number of hydrogen-bond donors (Lipinski definition) is 1. The van der Waals surface area contributed by atoms with Crippen molar-refractivity contribution in [2.75, 3.05) is 26.2 Å². The number of amides is 1. The number of nitrogens with zero attached hydrogens (tertiary/aromatic N) is 1. The van der Waals surface area contributed by atoms with E-state index in [1.165, 1.54) is 5.56 Å². The lowest BCUT2D eigenvalue weighted by Crippen LogP contribution is -2.46. The highest BCUT2D eigenvalue weighted by molar-refractivity contribution is 6.30. The quantitative estimate of drug-likeness (QED) is 0.905. The Hall–Kier alpha value is -1.06. The van der Waals surface area contributed by atoms with Crippen LogP contribution in [-0.2, 0) is 11.2 Å². The number of benzene rings is 1. The van der Waals surface area contributed by atoms with Crippen LogP contribution >= 0.6 is 11.6 Å². The molecule has 0 spiro atoms. The maximum absolute atomic E-state index is 11.9. The molecule has 1 aliphatic heterocycles. The molecule has 4 heteroatoms. The molecule has 1 aromatic rings. The van der Waals surface area contributed by atoms with E-state index in [1.54, 1.807) is 0 Å². The van der Waals surface area contributed by atoms with Gasteiger partial charge in [0.15, 0.2) is 0 Å². The van der Waals surface area contributed by atoms with Gasteiger partial charge in [-0.15, -0.1) is 0 Å². The predicted octanol–water partition coefficient (Wildman–Crippen LogP) is 2.09. The third kappa shape index (κ3) is 4.00. The molecule has 1 N–H and O–H groups in total. The van der Waals surface area contributed by atoms with Crippen LogP contribution in [0.3, 0.4) is 0 Å². The minimum atomic E-state index is 0.276. The lowest BCUT2D eigenvalue weighted by Gasteiger charge is -2.27. The van der Waals surface area contributed by atoms with Crippen molar-refractivity contribution in [2.45, 2.75) is 19.3 Å². The number of piperazine rings is 1. The molecule has 0 bridgehead atoms. The number of aryl methyl sites for hydroxylation is 1. The summed E-state index contributed by atoms with van der Waals surface area (Å²) in [6.45, 7) is 3.52. The van der Waals surface area contributed by atoms with E-state index in [9.17, 15) is 4.79 Å². The summed E-state index contributed by atoms with van der Waals surface area (Å²) in [4.78, 5) is 13.9. The Balaban J connectivity index is 1.73. The average molecular weight is 267 g/mol. The largest absolute Gasteiger partial charge is 0.340 e. The first-order valence-corrected chi connectivity index (χ1v) is 6.86. The van der Waals surface area contributed by atoms with Gasteiger partial charge in [0.1, 0.15) is 0 Å². The summed E-state index contributed by atoms with van der Waals surface area (Å²) in [6.07, 6.45) is 2.44. The second kappa shape index (κ2) is 6.76. The predicted molar refractivity (Wildman–Crippen MR) is 73.8 cm³/mol. The van der Waals surface area contributed by atoms with E-state index in [0.717, 1.165) is 44.0 Å². The third-order valence-corrected chi connectivity index (χ3v) is 3.45. The Morgan fingerprint density at radius 2 is 2.11 bits per heavy atom. The summed E-state index contributed by atoms with van der Waals surface area (Å²) in [6, 6.07) is 7.85. The van der Waals surface area contributed by atoms with Gasteiger partial charge in [0.25, 0.3) is 0 Å². The molecule has 18 heavy (non-hydrogen) atoms. The zero-order chi connectivity index (χ0) is 12.8. The van der Waals surface area contributed by atoms with Crippen LogP contribution in [0.15, 0.2) is 24.3 Å². The van der Waals surface area contributed by atoms with E-state index < -0.39 is 0 Å². The molecule has 0 atom stereocenters. The van der Waals surface area contributed by atoms with Crippen molar-refractivity contribution in [1.29, 1.82) is 0 Å². The Bertz CT molecular complexity index is 403. The molecule has 2 rings (SSSR count). The fraction of sp³-hybridized carbons (Fsp3) is 0.500. The van der Waals surface area contributed by atoms with Gasteiger partial charge in [0, 0.05) is 37.6 Å². The summed E-state index contributed by atoms with van der Waals surface area (Å²) < 4.78 is 0. The molecular formula is C14H19ClN2O. The fourth-order valence-electron chi connectivity index (χ4n) is 2.21. The molecule has 3 nitrogen and oxygen atoms in total. The van der Waals surface area contributed by atoms with Crippen molar-refractivity contribution >= 4 is 17.5 Å². The minimum Gasteiger partial charge on any atom is -0.340 e. The highest BCUT2D eigenvalue weighted by atomic mass is 35.5. The third-order valence-electron chi connectivity index (χ3n) is 3.21. The smallest absolute Gasteiger partial charge is 0.222 e. The molecular weight excluding hydrogens is 248 g/mol. The number of hydrogen-bond acceptors (Lipinski definition) is 2. The Labute approximate surface area is 113 Å². The van der Waals surface area contributed by atoms with Gasteiger partial charge in [-0.25, -0.2) is 0 Å². The maximum Gasteiger partial charge on any atom is 0.222 e. The number of carbonyl (C=O) groups excluding carboxylic acids is 1. The molecule has 1 heterocycles.